The summed E-state index contributed by atoms with van der Waals surface area (Å²) in [7, 11) is 0. The fourth-order valence-corrected chi connectivity index (χ4v) is 3.59. The van der Waals surface area contributed by atoms with Gasteiger partial charge in [0.25, 0.3) is 11.5 Å². The number of hydrogen-bond acceptors (Lipinski definition) is 3. The zero-order valence-corrected chi connectivity index (χ0v) is 15.1. The van der Waals surface area contributed by atoms with Crippen LogP contribution in [0, 0.1) is 0 Å². The van der Waals surface area contributed by atoms with Crippen molar-refractivity contribution in [3.8, 4) is 0 Å². The van der Waals surface area contributed by atoms with Gasteiger partial charge in [-0.05, 0) is 23.3 Å². The second-order valence-electron chi connectivity index (χ2n) is 6.64. The monoisotopic (exact) mass is 373 g/mol. The van der Waals surface area contributed by atoms with E-state index < -0.39 is 23.5 Å². The first-order valence-electron chi connectivity index (χ1n) is 8.99. The molecule has 0 aliphatic carbocycles. The lowest BCUT2D eigenvalue weighted by atomic mass is 9.77. The van der Waals surface area contributed by atoms with Crippen LogP contribution in [0.15, 0.2) is 91.0 Å². The highest BCUT2D eigenvalue weighted by molar-refractivity contribution is 6.20. The summed E-state index contributed by atoms with van der Waals surface area (Å²) in [5.74, 6) is -1.86. The Balaban J connectivity index is 1.75. The Bertz CT molecular complexity index is 975. The maximum absolute atomic E-state index is 13.2. The standard InChI is InChI=1S/C23H19NO4/c25-21-23(22(26)27,28-16-17-10-4-1-5-11-17)20(18-12-6-2-7-13-18)24(21)19-14-8-3-9-15-19/h1-15,20H,16H2,(H,26,27)/t20-,23-/m0/s1. The van der Waals surface area contributed by atoms with Crippen LogP contribution in [0.4, 0.5) is 5.69 Å². The van der Waals surface area contributed by atoms with Crippen molar-refractivity contribution in [3.63, 3.8) is 0 Å². The Labute approximate surface area is 162 Å². The summed E-state index contributed by atoms with van der Waals surface area (Å²) < 4.78 is 5.85. The number of β-lactam (4-membered cyclic amide) rings is 1. The van der Waals surface area contributed by atoms with E-state index in [0.29, 0.717) is 11.3 Å². The zero-order chi connectivity index (χ0) is 19.6. The molecule has 1 N–H and O–H groups in total. The average molecular weight is 373 g/mol. The number of carbonyl (C=O) groups excluding carboxylic acids is 1. The van der Waals surface area contributed by atoms with E-state index in [2.05, 4.69) is 0 Å². The third kappa shape index (κ3) is 2.86. The van der Waals surface area contributed by atoms with Crippen molar-refractivity contribution in [1.29, 1.82) is 0 Å². The first kappa shape index (κ1) is 17.9. The molecular formula is C23H19NO4. The van der Waals surface area contributed by atoms with Gasteiger partial charge < -0.3 is 9.84 Å². The smallest absolute Gasteiger partial charge is 0.348 e. The normalized spacial score (nSPS) is 21.2. The lowest BCUT2D eigenvalue weighted by Crippen LogP contribution is -2.73. The van der Waals surface area contributed by atoms with Gasteiger partial charge in [-0.2, -0.15) is 0 Å². The van der Waals surface area contributed by atoms with Crippen molar-refractivity contribution in [3.05, 3.63) is 102 Å². The summed E-state index contributed by atoms with van der Waals surface area (Å²) in [5, 5.41) is 10.1. The van der Waals surface area contributed by atoms with Gasteiger partial charge in [-0.1, -0.05) is 78.9 Å². The minimum Gasteiger partial charge on any atom is -0.479 e. The van der Waals surface area contributed by atoms with Crippen molar-refractivity contribution in [2.75, 3.05) is 4.90 Å². The molecule has 3 aromatic carbocycles. The van der Waals surface area contributed by atoms with Crippen LogP contribution in [0.1, 0.15) is 17.2 Å². The topological polar surface area (TPSA) is 66.8 Å². The second-order valence-corrected chi connectivity index (χ2v) is 6.64. The van der Waals surface area contributed by atoms with Crippen LogP contribution >= 0.6 is 0 Å². The van der Waals surface area contributed by atoms with E-state index in [1.807, 2.05) is 78.9 Å². The third-order valence-electron chi connectivity index (χ3n) is 4.96. The number of hydrogen-bond donors (Lipinski definition) is 1. The molecule has 1 heterocycles. The molecular weight excluding hydrogens is 354 g/mol. The summed E-state index contributed by atoms with van der Waals surface area (Å²) in [5.41, 5.74) is 0.191. The maximum Gasteiger partial charge on any atom is 0.348 e. The lowest BCUT2D eigenvalue weighted by molar-refractivity contribution is -0.189. The van der Waals surface area contributed by atoms with Gasteiger partial charge in [-0.25, -0.2) is 4.79 Å². The molecule has 0 unspecified atom stereocenters. The second kappa shape index (κ2) is 7.29. The summed E-state index contributed by atoms with van der Waals surface area (Å²) in [6, 6.07) is 26.7. The van der Waals surface area contributed by atoms with E-state index in [-0.39, 0.29) is 6.61 Å². The molecule has 1 aliphatic heterocycles. The molecule has 2 atom stereocenters. The number of carboxylic acids is 1. The highest BCUT2D eigenvalue weighted by atomic mass is 16.5. The zero-order valence-electron chi connectivity index (χ0n) is 15.1. The van der Waals surface area contributed by atoms with Gasteiger partial charge in [-0.15, -0.1) is 0 Å². The number of rotatable bonds is 6. The highest BCUT2D eigenvalue weighted by Crippen LogP contribution is 2.49. The van der Waals surface area contributed by atoms with Crippen LogP contribution in [-0.4, -0.2) is 22.6 Å². The molecule has 1 aliphatic rings. The molecule has 1 fully saturated rings. The molecule has 3 aromatic rings. The minimum atomic E-state index is -1.97. The van der Waals surface area contributed by atoms with E-state index in [1.165, 1.54) is 4.90 Å². The van der Waals surface area contributed by atoms with E-state index in [4.69, 9.17) is 4.74 Å². The number of anilines is 1. The Morgan fingerprint density at radius 3 is 2.00 bits per heavy atom. The van der Waals surface area contributed by atoms with Crippen LogP contribution < -0.4 is 4.90 Å². The fraction of sp³-hybridized carbons (Fsp3) is 0.130. The van der Waals surface area contributed by atoms with Gasteiger partial charge in [0.15, 0.2) is 0 Å². The predicted octanol–water partition coefficient (Wildman–Crippen LogP) is 3.81. The molecule has 0 spiro atoms. The van der Waals surface area contributed by atoms with Crippen molar-refractivity contribution in [2.45, 2.75) is 18.2 Å². The van der Waals surface area contributed by atoms with Crippen LogP contribution in [-0.2, 0) is 20.9 Å². The van der Waals surface area contributed by atoms with Crippen molar-refractivity contribution in [2.24, 2.45) is 0 Å². The largest absolute Gasteiger partial charge is 0.479 e. The number of para-hydroxylation sites is 1. The van der Waals surface area contributed by atoms with Crippen LogP contribution in [0.5, 0.6) is 0 Å². The number of nitrogens with zero attached hydrogens (tertiary/aromatic N) is 1. The van der Waals surface area contributed by atoms with Crippen molar-refractivity contribution >= 4 is 17.6 Å². The van der Waals surface area contributed by atoms with Gasteiger partial charge in [-0.3, -0.25) is 9.69 Å². The lowest BCUT2D eigenvalue weighted by Gasteiger charge is -2.52. The predicted molar refractivity (Wildman–Crippen MR) is 105 cm³/mol. The molecule has 140 valence electrons. The molecule has 5 heteroatoms. The molecule has 28 heavy (non-hydrogen) atoms. The molecule has 0 saturated carbocycles. The molecule has 0 aromatic heterocycles. The minimum absolute atomic E-state index is 0.0326. The van der Waals surface area contributed by atoms with Crippen LogP contribution in [0.2, 0.25) is 0 Å². The number of benzene rings is 3. The molecule has 0 bridgehead atoms. The van der Waals surface area contributed by atoms with E-state index in [9.17, 15) is 14.7 Å². The summed E-state index contributed by atoms with van der Waals surface area (Å²) in [6.07, 6.45) is 0. The highest BCUT2D eigenvalue weighted by Gasteiger charge is 2.68. The van der Waals surface area contributed by atoms with Crippen molar-refractivity contribution in [1.82, 2.24) is 0 Å². The average Bonchev–Trinajstić information content (AvgIpc) is 2.74. The molecule has 0 radical (unpaired) electrons. The summed E-state index contributed by atoms with van der Waals surface area (Å²) in [6.45, 7) is 0.0326. The van der Waals surface area contributed by atoms with Gasteiger partial charge >= 0.3 is 5.97 Å². The van der Waals surface area contributed by atoms with Crippen molar-refractivity contribution < 1.29 is 19.4 Å². The van der Waals surface area contributed by atoms with Gasteiger partial charge in [0.2, 0.25) is 0 Å². The number of carboxylic acid groups (broad SMARTS) is 1. The Hall–Kier alpha value is -3.44. The van der Waals surface area contributed by atoms with Crippen LogP contribution in [0.3, 0.4) is 0 Å². The Kier molecular flexibility index (Phi) is 4.67. The maximum atomic E-state index is 13.2. The Morgan fingerprint density at radius 2 is 1.43 bits per heavy atom. The Morgan fingerprint density at radius 1 is 0.893 bits per heavy atom. The van der Waals surface area contributed by atoms with Gasteiger partial charge in [0, 0.05) is 5.69 Å². The number of ether oxygens (including phenoxy) is 1. The first-order chi connectivity index (χ1) is 13.6. The molecule has 4 rings (SSSR count). The molecule has 1 saturated heterocycles. The number of carbonyl (C=O) groups is 2. The van der Waals surface area contributed by atoms with E-state index >= 15 is 0 Å². The van der Waals surface area contributed by atoms with Gasteiger partial charge in [0.05, 0.1) is 6.61 Å². The number of amides is 1. The third-order valence-corrected chi connectivity index (χ3v) is 4.96. The van der Waals surface area contributed by atoms with Gasteiger partial charge in [0.1, 0.15) is 6.04 Å². The first-order valence-corrected chi connectivity index (χ1v) is 8.99. The van der Waals surface area contributed by atoms with Crippen LogP contribution in [0.25, 0.3) is 0 Å². The fourth-order valence-electron chi connectivity index (χ4n) is 3.59. The van der Waals surface area contributed by atoms with E-state index in [1.54, 1.807) is 12.1 Å². The molecule has 1 amide bonds. The summed E-state index contributed by atoms with van der Waals surface area (Å²) in [4.78, 5) is 27.0. The number of aliphatic carboxylic acids is 1. The quantitative estimate of drug-likeness (QED) is 0.527. The SMILES string of the molecule is O=C(O)[C@@]1(OCc2ccccc2)C(=O)N(c2ccccc2)[C@H]1c1ccccc1. The van der Waals surface area contributed by atoms with E-state index in [0.717, 1.165) is 5.56 Å². The molecule has 5 nitrogen and oxygen atoms in total. The summed E-state index contributed by atoms with van der Waals surface area (Å²) >= 11 is 0.